The predicted molar refractivity (Wildman–Crippen MR) is 215 cm³/mol. The van der Waals surface area contributed by atoms with E-state index in [9.17, 15) is 80.5 Å². The fourth-order valence-corrected chi connectivity index (χ4v) is 8.70. The maximum atomic E-state index is 12.6. The number of rotatable bonds is 17. The Labute approximate surface area is 387 Å². The smallest absolute Gasteiger partial charge is 0.217 e. The minimum absolute atomic E-state index is 0.682. The SMILES string of the molecule is CC(=O)N[C@H]1[C@H](OC2[C@@H](CO)O[C@@H](OC3[C@@H](CO)O[C@@H](OC4[C@@H](CO)OC(O)[C@H](NC(C)=O)[C@H]4O)[C@H](NC(C)=O)[C@H]3O)[C@H](NC(C)=O)[C@H]2O)O[C@H](CO)C(O[C@@H]2O[C@H](CO)[C@@H](O)[C@H](O)[C@H]2N)[C@@H]1O. The van der Waals surface area contributed by atoms with Gasteiger partial charge >= 0.3 is 0 Å². The molecule has 5 saturated heterocycles. The van der Waals surface area contributed by atoms with Crippen LogP contribution < -0.4 is 27.0 Å². The summed E-state index contributed by atoms with van der Waals surface area (Å²) >= 11 is 0. The van der Waals surface area contributed by atoms with Crippen molar-refractivity contribution >= 4 is 23.6 Å². The lowest BCUT2D eigenvalue weighted by Crippen LogP contribution is -2.72. The molecule has 0 spiro atoms. The zero-order valence-corrected chi connectivity index (χ0v) is 37.2. The number of carbonyl (C=O) groups is 4. The summed E-state index contributed by atoms with van der Waals surface area (Å²) in [5.41, 5.74) is 6.01. The summed E-state index contributed by atoms with van der Waals surface area (Å²) in [7, 11) is 0. The summed E-state index contributed by atoms with van der Waals surface area (Å²) in [6.45, 7) is -0.224. The van der Waals surface area contributed by atoms with E-state index < -0.39 is 210 Å². The summed E-state index contributed by atoms with van der Waals surface area (Å²) in [6, 6.07) is -7.91. The van der Waals surface area contributed by atoms with Gasteiger partial charge in [-0.2, -0.15) is 0 Å². The first-order valence-electron chi connectivity index (χ1n) is 21.6. The van der Waals surface area contributed by atoms with Gasteiger partial charge in [-0.15, -0.1) is 0 Å². The average Bonchev–Trinajstić information content (AvgIpc) is 3.28. The first-order valence-corrected chi connectivity index (χ1v) is 21.6. The van der Waals surface area contributed by atoms with Crippen molar-refractivity contribution in [3.05, 3.63) is 0 Å². The molecule has 5 heterocycles. The second kappa shape index (κ2) is 24.4. The first kappa shape index (κ1) is 55.9. The van der Waals surface area contributed by atoms with Crippen LogP contribution in [0.2, 0.25) is 0 Å². The largest absolute Gasteiger partial charge is 0.394 e. The number of carbonyl (C=O) groups excluding carboxylic acids is 4. The maximum absolute atomic E-state index is 12.6. The van der Waals surface area contributed by atoms with Gasteiger partial charge in [-0.05, 0) is 0 Å². The van der Waals surface area contributed by atoms with E-state index in [2.05, 4.69) is 21.3 Å². The number of hydrogen-bond donors (Lipinski definition) is 17. The quantitative estimate of drug-likeness (QED) is 0.0643. The maximum Gasteiger partial charge on any atom is 0.217 e. The molecule has 5 fully saturated rings. The Morgan fingerprint density at radius 1 is 0.397 bits per heavy atom. The highest BCUT2D eigenvalue weighted by Gasteiger charge is 2.57. The predicted octanol–water partition coefficient (Wildman–Crippen LogP) is -11.4. The van der Waals surface area contributed by atoms with Crippen molar-refractivity contribution in [3.63, 3.8) is 0 Å². The van der Waals surface area contributed by atoms with Crippen LogP contribution in [0.15, 0.2) is 0 Å². The van der Waals surface area contributed by atoms with Gasteiger partial charge in [0.25, 0.3) is 0 Å². The van der Waals surface area contributed by atoms with Crippen molar-refractivity contribution in [1.29, 1.82) is 0 Å². The summed E-state index contributed by atoms with van der Waals surface area (Å²) < 4.78 is 52.6. The molecule has 0 aliphatic carbocycles. The van der Waals surface area contributed by atoms with Crippen LogP contribution in [0, 0.1) is 0 Å². The number of aliphatic hydroxyl groups excluding tert-OH is 12. The minimum atomic E-state index is -1.97. The summed E-state index contributed by atoms with van der Waals surface area (Å²) in [5.74, 6) is -3.01. The van der Waals surface area contributed by atoms with Gasteiger partial charge in [-0.25, -0.2) is 0 Å². The number of aliphatic hydroxyl groups is 12. The molecule has 30 heteroatoms. The van der Waals surface area contributed by atoms with Crippen LogP contribution in [-0.4, -0.2) is 271 Å². The molecule has 18 N–H and O–H groups in total. The van der Waals surface area contributed by atoms with Crippen molar-refractivity contribution in [2.75, 3.05) is 33.0 Å². The van der Waals surface area contributed by atoms with E-state index in [4.69, 9.17) is 48.4 Å². The number of hydrogen-bond acceptors (Lipinski definition) is 26. The van der Waals surface area contributed by atoms with Crippen LogP contribution in [0.5, 0.6) is 0 Å². The van der Waals surface area contributed by atoms with Gasteiger partial charge in [0.15, 0.2) is 31.5 Å². The van der Waals surface area contributed by atoms with E-state index in [0.29, 0.717) is 0 Å². The number of nitrogens with one attached hydrogen (secondary N) is 4. The van der Waals surface area contributed by atoms with Crippen LogP contribution in [-0.2, 0) is 61.8 Å². The van der Waals surface area contributed by atoms with Crippen LogP contribution in [0.1, 0.15) is 27.7 Å². The molecular formula is C38H65N5O25. The van der Waals surface area contributed by atoms with Gasteiger partial charge in [0, 0.05) is 27.7 Å². The molecule has 0 aromatic rings. The van der Waals surface area contributed by atoms with Gasteiger partial charge in [0.05, 0.1) is 39.1 Å². The number of nitrogens with two attached hydrogens (primary N) is 1. The highest BCUT2D eigenvalue weighted by Crippen LogP contribution is 2.35. The molecule has 5 aliphatic rings. The van der Waals surface area contributed by atoms with Crippen molar-refractivity contribution in [2.45, 2.75) is 181 Å². The van der Waals surface area contributed by atoms with Crippen LogP contribution >= 0.6 is 0 Å². The van der Waals surface area contributed by atoms with Crippen LogP contribution in [0.3, 0.4) is 0 Å². The number of amides is 4. The zero-order chi connectivity index (χ0) is 50.5. The second-order valence-electron chi connectivity index (χ2n) is 17.0. The van der Waals surface area contributed by atoms with Crippen molar-refractivity contribution in [3.8, 4) is 0 Å². The van der Waals surface area contributed by atoms with E-state index in [1.54, 1.807) is 0 Å². The highest BCUT2D eigenvalue weighted by atomic mass is 16.8. The third-order valence-corrected chi connectivity index (χ3v) is 12.0. The fraction of sp³-hybridized carbons (Fsp3) is 0.895. The molecule has 5 unspecified atom stereocenters. The topological polar surface area (TPSA) is 468 Å². The van der Waals surface area contributed by atoms with Crippen molar-refractivity contribution < 1.29 is 123 Å². The van der Waals surface area contributed by atoms with Crippen molar-refractivity contribution in [2.24, 2.45) is 5.73 Å². The Bertz CT molecular complexity index is 1680. The molecule has 5 rings (SSSR count). The molecule has 0 bridgehead atoms. The fourth-order valence-electron chi connectivity index (χ4n) is 8.70. The Morgan fingerprint density at radius 2 is 0.662 bits per heavy atom. The Kier molecular flexibility index (Phi) is 20.1. The van der Waals surface area contributed by atoms with E-state index >= 15 is 0 Å². The summed E-state index contributed by atoms with van der Waals surface area (Å²) in [6.07, 6.45) is -34.2. The molecular weight excluding hydrogens is 926 g/mol. The minimum Gasteiger partial charge on any atom is -0.394 e. The van der Waals surface area contributed by atoms with Gasteiger partial charge in [0.1, 0.15) is 116 Å². The molecule has 68 heavy (non-hydrogen) atoms. The monoisotopic (exact) mass is 991 g/mol. The Morgan fingerprint density at radius 3 is 0.971 bits per heavy atom. The zero-order valence-electron chi connectivity index (χ0n) is 37.2. The summed E-state index contributed by atoms with van der Waals surface area (Å²) in [5, 5.41) is 138. The molecule has 25 atom stereocenters. The van der Waals surface area contributed by atoms with Crippen LogP contribution in [0.25, 0.3) is 0 Å². The Hall–Kier alpha value is -3.00. The normalized spacial score (nSPS) is 45.5. The van der Waals surface area contributed by atoms with E-state index in [-0.39, 0.29) is 0 Å². The average molecular weight is 992 g/mol. The van der Waals surface area contributed by atoms with Gasteiger partial charge in [-0.1, -0.05) is 0 Å². The third kappa shape index (κ3) is 12.5. The van der Waals surface area contributed by atoms with E-state index in [1.807, 2.05) is 0 Å². The molecule has 0 aromatic carbocycles. The Balaban J connectivity index is 1.38. The third-order valence-electron chi connectivity index (χ3n) is 12.0. The molecule has 392 valence electrons. The molecule has 0 aromatic heterocycles. The van der Waals surface area contributed by atoms with E-state index in [0.717, 1.165) is 27.7 Å². The molecule has 4 amide bonds. The molecule has 0 radical (unpaired) electrons. The summed E-state index contributed by atoms with van der Waals surface area (Å²) in [4.78, 5) is 49.4. The van der Waals surface area contributed by atoms with Crippen LogP contribution in [0.4, 0.5) is 0 Å². The lowest BCUT2D eigenvalue weighted by atomic mass is 9.93. The molecule has 0 saturated carbocycles. The lowest BCUT2D eigenvalue weighted by Gasteiger charge is -2.51. The van der Waals surface area contributed by atoms with E-state index in [1.165, 1.54) is 0 Å². The highest BCUT2D eigenvalue weighted by molar-refractivity contribution is 5.74. The van der Waals surface area contributed by atoms with Gasteiger partial charge < -0.3 is 131 Å². The molecule has 5 aliphatic heterocycles. The second-order valence-corrected chi connectivity index (χ2v) is 17.0. The molecule has 30 nitrogen and oxygen atoms in total. The van der Waals surface area contributed by atoms with Crippen molar-refractivity contribution in [1.82, 2.24) is 21.3 Å². The first-order chi connectivity index (χ1) is 32.1. The lowest BCUT2D eigenvalue weighted by molar-refractivity contribution is -0.367. The van der Waals surface area contributed by atoms with Gasteiger partial charge in [0.2, 0.25) is 23.6 Å². The standard InChI is InChI=1S/C38H65N5O25/c1-10(49)40-20-26(55)30(15(6-45)60-34(20)59)66-36-22(42-12(3)51)28(57)32(17(8-47)63-36)68-38-23(43-13(4)52)29(58)33(18(9-48)64-38)67-37-21(41-11(2)50)27(56)31(16(7-46)62-37)65-35-19(39)25(54)24(53)14(5-44)61-35/h14-38,44-48,53-59H,5-9,39H2,1-4H3,(H,40,49)(H,41,50)(H,42,51)(H,43,52)/t14-,15-,16-,17-,18-,19-,20-,21-,22-,23-,24-,25-,26-,27-,28-,29-,30?,31?,32?,33?,34?,35+,36+,37+,38+/m1/s1. The van der Waals surface area contributed by atoms with Gasteiger partial charge in [-0.3, -0.25) is 19.2 Å². The number of ether oxygens (including phenoxy) is 9.